The summed E-state index contributed by atoms with van der Waals surface area (Å²) in [6.45, 7) is 2.42. The first-order valence-corrected chi connectivity index (χ1v) is 7.87. The zero-order chi connectivity index (χ0) is 15.4. The third kappa shape index (κ3) is 3.67. The van der Waals surface area contributed by atoms with Crippen molar-refractivity contribution in [3.05, 3.63) is 52.8 Å². The standard InChI is InChI=1S/C16H19ClN4O/c17-15-6-2-1-4-12(15)10-21-11-13(8-19-21)16(22)20-14-5-3-7-18-9-14/h1-2,4,6,8,11,14,18H,3,5,7,9-10H2,(H,20,22). The molecule has 1 aliphatic heterocycles. The first-order valence-electron chi connectivity index (χ1n) is 7.50. The molecular formula is C16H19ClN4O. The Balaban J connectivity index is 1.63. The Morgan fingerprint density at radius 2 is 2.32 bits per heavy atom. The molecule has 0 saturated carbocycles. The van der Waals surface area contributed by atoms with Gasteiger partial charge in [0.2, 0.25) is 0 Å². The lowest BCUT2D eigenvalue weighted by Gasteiger charge is -2.23. The van der Waals surface area contributed by atoms with Crippen LogP contribution in [0, 0.1) is 0 Å². The van der Waals surface area contributed by atoms with Crippen LogP contribution in [0.1, 0.15) is 28.8 Å². The Labute approximate surface area is 134 Å². The molecule has 1 unspecified atom stereocenters. The molecule has 1 atom stereocenters. The van der Waals surface area contributed by atoms with E-state index < -0.39 is 0 Å². The molecule has 22 heavy (non-hydrogen) atoms. The number of nitrogens with one attached hydrogen (secondary N) is 2. The van der Waals surface area contributed by atoms with Crippen LogP contribution in [0.4, 0.5) is 0 Å². The number of amides is 1. The number of carbonyl (C=O) groups excluding carboxylic acids is 1. The highest BCUT2D eigenvalue weighted by atomic mass is 35.5. The Hall–Kier alpha value is -1.85. The molecule has 0 radical (unpaired) electrons. The van der Waals surface area contributed by atoms with Crippen LogP contribution in [-0.2, 0) is 6.54 Å². The van der Waals surface area contributed by atoms with Crippen molar-refractivity contribution in [1.29, 1.82) is 0 Å². The molecule has 1 aromatic heterocycles. The maximum Gasteiger partial charge on any atom is 0.254 e. The molecule has 0 bridgehead atoms. The second kappa shape index (κ2) is 6.94. The lowest BCUT2D eigenvalue weighted by molar-refractivity contribution is 0.0930. The molecule has 1 aliphatic rings. The van der Waals surface area contributed by atoms with Crippen LogP contribution in [0.2, 0.25) is 5.02 Å². The maximum atomic E-state index is 12.2. The fraction of sp³-hybridized carbons (Fsp3) is 0.375. The Bertz CT molecular complexity index is 649. The van der Waals surface area contributed by atoms with E-state index in [1.54, 1.807) is 17.1 Å². The molecule has 6 heteroatoms. The molecule has 5 nitrogen and oxygen atoms in total. The average Bonchev–Trinajstić information content (AvgIpc) is 2.99. The van der Waals surface area contributed by atoms with Crippen molar-refractivity contribution in [2.75, 3.05) is 13.1 Å². The minimum Gasteiger partial charge on any atom is -0.348 e. The van der Waals surface area contributed by atoms with Gasteiger partial charge in [0.15, 0.2) is 0 Å². The van der Waals surface area contributed by atoms with Crippen LogP contribution in [0.3, 0.4) is 0 Å². The summed E-state index contributed by atoms with van der Waals surface area (Å²) >= 11 is 6.14. The van der Waals surface area contributed by atoms with E-state index in [1.807, 2.05) is 24.3 Å². The Kier molecular flexibility index (Phi) is 4.75. The number of aromatic nitrogens is 2. The van der Waals surface area contributed by atoms with Crippen molar-refractivity contribution in [3.8, 4) is 0 Å². The van der Waals surface area contributed by atoms with Gasteiger partial charge in [0, 0.05) is 23.8 Å². The Morgan fingerprint density at radius 3 is 3.09 bits per heavy atom. The molecule has 3 rings (SSSR count). The second-order valence-electron chi connectivity index (χ2n) is 5.53. The highest BCUT2D eigenvalue weighted by Gasteiger charge is 2.17. The van der Waals surface area contributed by atoms with E-state index in [2.05, 4.69) is 15.7 Å². The molecule has 1 aromatic carbocycles. The molecule has 0 spiro atoms. The summed E-state index contributed by atoms with van der Waals surface area (Å²) in [6, 6.07) is 7.84. The molecule has 0 aliphatic carbocycles. The molecule has 1 amide bonds. The molecule has 116 valence electrons. The van der Waals surface area contributed by atoms with Gasteiger partial charge in [-0.3, -0.25) is 9.48 Å². The number of carbonyl (C=O) groups is 1. The van der Waals surface area contributed by atoms with Crippen LogP contribution in [0.15, 0.2) is 36.7 Å². The number of halogens is 1. The molecule has 1 saturated heterocycles. The van der Waals surface area contributed by atoms with Crippen molar-refractivity contribution in [3.63, 3.8) is 0 Å². The van der Waals surface area contributed by atoms with Gasteiger partial charge in [-0.15, -0.1) is 0 Å². The summed E-state index contributed by atoms with van der Waals surface area (Å²) in [7, 11) is 0. The monoisotopic (exact) mass is 318 g/mol. The van der Waals surface area contributed by atoms with Crippen LogP contribution >= 0.6 is 11.6 Å². The zero-order valence-corrected chi connectivity index (χ0v) is 13.0. The second-order valence-corrected chi connectivity index (χ2v) is 5.94. The predicted molar refractivity (Wildman–Crippen MR) is 86.1 cm³/mol. The molecule has 2 N–H and O–H groups in total. The minimum atomic E-state index is -0.0703. The van der Waals surface area contributed by atoms with Gasteiger partial charge in [0.25, 0.3) is 5.91 Å². The van der Waals surface area contributed by atoms with E-state index >= 15 is 0 Å². The van der Waals surface area contributed by atoms with E-state index in [-0.39, 0.29) is 11.9 Å². The third-order valence-corrected chi connectivity index (χ3v) is 4.19. The topological polar surface area (TPSA) is 59.0 Å². The molecule has 2 aromatic rings. The first-order chi connectivity index (χ1) is 10.7. The summed E-state index contributed by atoms with van der Waals surface area (Å²) in [6.07, 6.45) is 5.47. The largest absolute Gasteiger partial charge is 0.348 e. The van der Waals surface area contributed by atoms with Crippen LogP contribution in [0.25, 0.3) is 0 Å². The summed E-state index contributed by atoms with van der Waals surface area (Å²) in [5.74, 6) is -0.0703. The lowest BCUT2D eigenvalue weighted by atomic mass is 10.1. The normalized spacial score (nSPS) is 18.1. The summed E-state index contributed by atoms with van der Waals surface area (Å²) in [5, 5.41) is 11.3. The van der Waals surface area contributed by atoms with Crippen LogP contribution < -0.4 is 10.6 Å². The van der Waals surface area contributed by atoms with E-state index in [4.69, 9.17) is 11.6 Å². The number of rotatable bonds is 4. The van der Waals surface area contributed by atoms with Crippen molar-refractivity contribution < 1.29 is 4.79 Å². The highest BCUT2D eigenvalue weighted by Crippen LogP contribution is 2.16. The number of nitrogens with zero attached hydrogens (tertiary/aromatic N) is 2. The van der Waals surface area contributed by atoms with Gasteiger partial charge in [-0.2, -0.15) is 5.10 Å². The fourth-order valence-electron chi connectivity index (χ4n) is 2.61. The average molecular weight is 319 g/mol. The number of hydrogen-bond acceptors (Lipinski definition) is 3. The van der Waals surface area contributed by atoms with Crippen LogP contribution in [-0.4, -0.2) is 34.8 Å². The van der Waals surface area contributed by atoms with Gasteiger partial charge in [-0.05, 0) is 31.0 Å². The number of hydrogen-bond donors (Lipinski definition) is 2. The molecule has 1 fully saturated rings. The van der Waals surface area contributed by atoms with Gasteiger partial charge < -0.3 is 10.6 Å². The van der Waals surface area contributed by atoms with Crippen LogP contribution in [0.5, 0.6) is 0 Å². The first kappa shape index (κ1) is 15.1. The van der Waals surface area contributed by atoms with Crippen molar-refractivity contribution >= 4 is 17.5 Å². The summed E-state index contributed by atoms with van der Waals surface area (Å²) < 4.78 is 1.73. The SMILES string of the molecule is O=C(NC1CCCNC1)c1cnn(Cc2ccccc2Cl)c1. The van der Waals surface area contributed by atoms with Crippen molar-refractivity contribution in [2.24, 2.45) is 0 Å². The van der Waals surface area contributed by atoms with Gasteiger partial charge in [-0.25, -0.2) is 0 Å². The third-order valence-electron chi connectivity index (χ3n) is 3.82. The van der Waals surface area contributed by atoms with E-state index in [1.165, 1.54) is 0 Å². The maximum absolute atomic E-state index is 12.2. The molecular weight excluding hydrogens is 300 g/mol. The van der Waals surface area contributed by atoms with E-state index in [0.29, 0.717) is 17.1 Å². The lowest BCUT2D eigenvalue weighted by Crippen LogP contribution is -2.45. The van der Waals surface area contributed by atoms with Crippen molar-refractivity contribution in [2.45, 2.75) is 25.4 Å². The van der Waals surface area contributed by atoms with E-state index in [0.717, 1.165) is 31.5 Å². The zero-order valence-electron chi connectivity index (χ0n) is 12.3. The van der Waals surface area contributed by atoms with Gasteiger partial charge in [-0.1, -0.05) is 29.8 Å². The highest BCUT2D eigenvalue weighted by molar-refractivity contribution is 6.31. The Morgan fingerprint density at radius 1 is 1.45 bits per heavy atom. The van der Waals surface area contributed by atoms with Gasteiger partial charge >= 0.3 is 0 Å². The van der Waals surface area contributed by atoms with Gasteiger partial charge in [0.1, 0.15) is 0 Å². The predicted octanol–water partition coefficient (Wildman–Crippen LogP) is 2.07. The quantitative estimate of drug-likeness (QED) is 0.907. The summed E-state index contributed by atoms with van der Waals surface area (Å²) in [5.41, 5.74) is 1.56. The van der Waals surface area contributed by atoms with Gasteiger partial charge in [0.05, 0.1) is 18.3 Å². The molecule has 2 heterocycles. The van der Waals surface area contributed by atoms with Crippen molar-refractivity contribution in [1.82, 2.24) is 20.4 Å². The summed E-state index contributed by atoms with van der Waals surface area (Å²) in [4.78, 5) is 12.2. The van der Waals surface area contributed by atoms with E-state index in [9.17, 15) is 4.79 Å². The number of piperidine rings is 1. The minimum absolute atomic E-state index is 0.0703. The fourth-order valence-corrected chi connectivity index (χ4v) is 2.81. The number of benzene rings is 1. The smallest absolute Gasteiger partial charge is 0.254 e.